The maximum atomic E-state index is 5.52. The Bertz CT molecular complexity index is 627. The van der Waals surface area contributed by atoms with E-state index in [1.807, 2.05) is 6.20 Å². The smallest absolute Gasteiger partial charge is 0.191 e. The van der Waals surface area contributed by atoms with Crippen molar-refractivity contribution in [3.63, 3.8) is 0 Å². The molecule has 3 rings (SSSR count). The lowest BCUT2D eigenvalue weighted by atomic mass is 10.0. The number of ether oxygens (including phenoxy) is 1. The summed E-state index contributed by atoms with van der Waals surface area (Å²) in [6, 6.07) is 4.76. The molecule has 1 unspecified atom stereocenters. The molecule has 0 spiro atoms. The van der Waals surface area contributed by atoms with Gasteiger partial charge in [-0.25, -0.2) is 9.98 Å². The zero-order valence-corrected chi connectivity index (χ0v) is 21.1. The average Bonchev–Trinajstić information content (AvgIpc) is 3.28. The Labute approximate surface area is 199 Å². The quantitative estimate of drug-likeness (QED) is 0.306. The summed E-state index contributed by atoms with van der Waals surface area (Å²) in [7, 11) is 0. The fourth-order valence-corrected chi connectivity index (χ4v) is 4.05. The van der Waals surface area contributed by atoms with Crippen LogP contribution in [0.5, 0.6) is 0 Å². The van der Waals surface area contributed by atoms with E-state index >= 15 is 0 Å². The van der Waals surface area contributed by atoms with Crippen LogP contribution in [0.3, 0.4) is 0 Å². The summed E-state index contributed by atoms with van der Waals surface area (Å²) in [5.41, 5.74) is 1.14. The van der Waals surface area contributed by atoms with E-state index in [4.69, 9.17) is 9.73 Å². The van der Waals surface area contributed by atoms with E-state index in [-0.39, 0.29) is 24.0 Å². The Kier molecular flexibility index (Phi) is 11.2. The zero-order chi connectivity index (χ0) is 20.5. The first-order valence-electron chi connectivity index (χ1n) is 11.2. The highest BCUT2D eigenvalue weighted by Gasteiger charge is 2.23. The third-order valence-electron chi connectivity index (χ3n) is 5.77. The van der Waals surface area contributed by atoms with Crippen LogP contribution in [-0.4, -0.2) is 74.4 Å². The molecule has 2 fully saturated rings. The molecule has 2 aliphatic heterocycles. The number of aromatic nitrogens is 1. The number of nitrogens with one attached hydrogen (secondary N) is 2. The second-order valence-corrected chi connectivity index (χ2v) is 8.25. The minimum atomic E-state index is 0. The summed E-state index contributed by atoms with van der Waals surface area (Å²) in [5.74, 6) is 2.53. The first-order chi connectivity index (χ1) is 14.2. The van der Waals surface area contributed by atoms with Gasteiger partial charge in [-0.1, -0.05) is 19.9 Å². The first kappa shape index (κ1) is 25.1. The molecule has 2 saturated heterocycles. The molecule has 1 aromatic heterocycles. The molecular formula is C22H39IN6O. The summed E-state index contributed by atoms with van der Waals surface area (Å²) in [6.07, 6.45) is 4.51. The van der Waals surface area contributed by atoms with Crippen molar-refractivity contribution < 1.29 is 4.74 Å². The molecule has 3 heterocycles. The number of aliphatic imine (C=N–C) groups is 1. The van der Waals surface area contributed by atoms with Gasteiger partial charge in [0, 0.05) is 51.5 Å². The normalized spacial score (nSPS) is 18.9. The molecule has 0 saturated carbocycles. The number of halogens is 1. The molecule has 0 aromatic carbocycles. The van der Waals surface area contributed by atoms with E-state index in [0.29, 0.717) is 18.5 Å². The minimum Gasteiger partial charge on any atom is -0.379 e. The third kappa shape index (κ3) is 7.53. The van der Waals surface area contributed by atoms with Crippen molar-refractivity contribution in [2.75, 3.05) is 57.4 Å². The van der Waals surface area contributed by atoms with Crippen molar-refractivity contribution in [3.05, 3.63) is 23.9 Å². The van der Waals surface area contributed by atoms with Gasteiger partial charge in [0.25, 0.3) is 0 Å². The van der Waals surface area contributed by atoms with Crippen LogP contribution >= 0.6 is 24.0 Å². The van der Waals surface area contributed by atoms with Gasteiger partial charge in [0.2, 0.25) is 0 Å². The van der Waals surface area contributed by atoms with Crippen LogP contribution in [0.15, 0.2) is 23.3 Å². The van der Waals surface area contributed by atoms with Gasteiger partial charge in [-0.3, -0.25) is 4.90 Å². The topological polar surface area (TPSA) is 65.0 Å². The Morgan fingerprint density at radius 1 is 1.13 bits per heavy atom. The van der Waals surface area contributed by atoms with E-state index in [1.165, 1.54) is 12.8 Å². The predicted molar refractivity (Wildman–Crippen MR) is 135 cm³/mol. The monoisotopic (exact) mass is 530 g/mol. The number of anilines is 1. The van der Waals surface area contributed by atoms with E-state index in [1.54, 1.807) is 0 Å². The van der Waals surface area contributed by atoms with Crippen LogP contribution in [0.4, 0.5) is 5.82 Å². The van der Waals surface area contributed by atoms with Crippen LogP contribution in [0, 0.1) is 5.92 Å². The Morgan fingerprint density at radius 2 is 1.87 bits per heavy atom. The molecule has 2 aliphatic rings. The average molecular weight is 530 g/mol. The highest BCUT2D eigenvalue weighted by atomic mass is 127. The lowest BCUT2D eigenvalue weighted by molar-refractivity contribution is 0.00752. The highest BCUT2D eigenvalue weighted by molar-refractivity contribution is 14.0. The third-order valence-corrected chi connectivity index (χ3v) is 5.77. The van der Waals surface area contributed by atoms with Gasteiger partial charge >= 0.3 is 0 Å². The minimum absolute atomic E-state index is 0. The van der Waals surface area contributed by atoms with Crippen LogP contribution in [0.2, 0.25) is 0 Å². The fourth-order valence-electron chi connectivity index (χ4n) is 4.05. The summed E-state index contributed by atoms with van der Waals surface area (Å²) in [6.45, 7) is 15.0. The molecule has 8 heteroatoms. The molecule has 0 radical (unpaired) electrons. The molecule has 0 aliphatic carbocycles. The van der Waals surface area contributed by atoms with Crippen molar-refractivity contribution in [1.29, 1.82) is 0 Å². The van der Waals surface area contributed by atoms with E-state index in [9.17, 15) is 0 Å². The molecule has 1 aromatic rings. The standard InChI is InChI=1S/C22H38N6O.HI/c1-4-23-22(26-17-20(18(2)3)27-11-13-29-14-12-27)25-16-19-7-8-21(24-15-19)28-9-5-6-10-28;/h7-8,15,18,20H,4-6,9-14,16-17H2,1-3H3,(H2,23,25,26);1H. The fraction of sp³-hybridized carbons (Fsp3) is 0.727. The van der Waals surface area contributed by atoms with Crippen LogP contribution in [-0.2, 0) is 11.3 Å². The SMILES string of the molecule is CCNC(=NCc1ccc(N2CCCC2)nc1)NCC(C(C)C)N1CCOCC1.I. The first-order valence-corrected chi connectivity index (χ1v) is 11.2. The number of hydrogen-bond donors (Lipinski definition) is 2. The molecule has 2 N–H and O–H groups in total. The lowest BCUT2D eigenvalue weighted by Gasteiger charge is -2.37. The second kappa shape index (κ2) is 13.3. The van der Waals surface area contributed by atoms with Crippen LogP contribution in [0.25, 0.3) is 0 Å². The highest BCUT2D eigenvalue weighted by Crippen LogP contribution is 2.17. The van der Waals surface area contributed by atoms with Crippen LogP contribution in [0.1, 0.15) is 39.2 Å². The maximum Gasteiger partial charge on any atom is 0.191 e. The van der Waals surface area contributed by atoms with E-state index in [2.05, 4.69) is 58.3 Å². The van der Waals surface area contributed by atoms with Gasteiger partial charge in [0.05, 0.1) is 19.8 Å². The van der Waals surface area contributed by atoms with Crippen LogP contribution < -0.4 is 15.5 Å². The molecule has 30 heavy (non-hydrogen) atoms. The van der Waals surface area contributed by atoms with Gasteiger partial charge in [-0.15, -0.1) is 24.0 Å². The molecule has 1 atom stereocenters. The van der Waals surface area contributed by atoms with Gasteiger partial charge in [-0.2, -0.15) is 0 Å². The molecule has 7 nitrogen and oxygen atoms in total. The predicted octanol–water partition coefficient (Wildman–Crippen LogP) is 2.71. The van der Waals surface area contributed by atoms with Crippen molar-refractivity contribution >= 4 is 35.8 Å². The number of morpholine rings is 1. The summed E-state index contributed by atoms with van der Waals surface area (Å²) >= 11 is 0. The maximum absolute atomic E-state index is 5.52. The lowest BCUT2D eigenvalue weighted by Crippen LogP contribution is -2.52. The van der Waals surface area contributed by atoms with Crippen molar-refractivity contribution in [3.8, 4) is 0 Å². The number of hydrogen-bond acceptors (Lipinski definition) is 5. The van der Waals surface area contributed by atoms with E-state index < -0.39 is 0 Å². The Balaban J connectivity index is 0.00000320. The number of pyridine rings is 1. The second-order valence-electron chi connectivity index (χ2n) is 8.25. The van der Waals surface area contributed by atoms with Crippen molar-refractivity contribution in [2.24, 2.45) is 10.9 Å². The van der Waals surface area contributed by atoms with Gasteiger partial charge in [0.15, 0.2) is 5.96 Å². The zero-order valence-electron chi connectivity index (χ0n) is 18.8. The van der Waals surface area contributed by atoms with Gasteiger partial charge < -0.3 is 20.3 Å². The molecule has 170 valence electrons. The molecular weight excluding hydrogens is 491 g/mol. The van der Waals surface area contributed by atoms with Gasteiger partial charge in [-0.05, 0) is 37.3 Å². The summed E-state index contributed by atoms with van der Waals surface area (Å²) < 4.78 is 5.52. The number of guanidine groups is 1. The largest absolute Gasteiger partial charge is 0.379 e. The molecule has 0 bridgehead atoms. The van der Waals surface area contributed by atoms with Crippen molar-refractivity contribution in [1.82, 2.24) is 20.5 Å². The summed E-state index contributed by atoms with van der Waals surface area (Å²) in [4.78, 5) is 14.3. The Hall–Kier alpha value is -1.13. The molecule has 0 amide bonds. The van der Waals surface area contributed by atoms with E-state index in [0.717, 1.165) is 69.8 Å². The Morgan fingerprint density at radius 3 is 2.47 bits per heavy atom. The van der Waals surface area contributed by atoms with Crippen molar-refractivity contribution in [2.45, 2.75) is 46.2 Å². The number of rotatable bonds is 8. The van der Waals surface area contributed by atoms with Gasteiger partial charge in [0.1, 0.15) is 5.82 Å². The summed E-state index contributed by atoms with van der Waals surface area (Å²) in [5, 5.41) is 6.93. The number of nitrogens with zero attached hydrogens (tertiary/aromatic N) is 4.